The third kappa shape index (κ3) is 3.28. The minimum absolute atomic E-state index is 0.756. The SMILES string of the molecule is Cc1cc(-n2nc(C)nc2CSc2ccncc2)ccn1. The summed E-state index contributed by atoms with van der Waals surface area (Å²) in [5.41, 5.74) is 1.96. The van der Waals surface area contributed by atoms with Crippen LogP contribution in [0.4, 0.5) is 0 Å². The lowest BCUT2D eigenvalue weighted by Crippen LogP contribution is -2.02. The van der Waals surface area contributed by atoms with Gasteiger partial charge in [-0.3, -0.25) is 9.97 Å². The van der Waals surface area contributed by atoms with Gasteiger partial charge in [-0.15, -0.1) is 11.8 Å². The molecule has 5 nitrogen and oxygen atoms in total. The molecule has 0 spiro atoms. The van der Waals surface area contributed by atoms with Crippen LogP contribution >= 0.6 is 11.8 Å². The summed E-state index contributed by atoms with van der Waals surface area (Å²) in [6.45, 7) is 3.88. The Kier molecular flexibility index (Phi) is 3.96. The second-order valence-corrected chi connectivity index (χ2v) is 5.66. The Hall–Kier alpha value is -2.21. The van der Waals surface area contributed by atoms with E-state index in [9.17, 15) is 0 Å². The first kappa shape index (κ1) is 13.8. The molecule has 0 unspecified atom stereocenters. The van der Waals surface area contributed by atoms with Crippen LogP contribution in [0, 0.1) is 13.8 Å². The summed E-state index contributed by atoms with van der Waals surface area (Å²) in [6.07, 6.45) is 5.39. The van der Waals surface area contributed by atoms with Gasteiger partial charge in [-0.2, -0.15) is 5.10 Å². The van der Waals surface area contributed by atoms with Crippen LogP contribution in [0.3, 0.4) is 0 Å². The van der Waals surface area contributed by atoms with Crippen molar-refractivity contribution < 1.29 is 0 Å². The molecule has 3 rings (SSSR count). The van der Waals surface area contributed by atoms with Crippen molar-refractivity contribution in [3.8, 4) is 5.69 Å². The topological polar surface area (TPSA) is 56.5 Å². The monoisotopic (exact) mass is 297 g/mol. The van der Waals surface area contributed by atoms with E-state index in [1.807, 2.05) is 42.8 Å². The highest BCUT2D eigenvalue weighted by Gasteiger charge is 2.10. The number of nitrogens with zero attached hydrogens (tertiary/aromatic N) is 5. The Morgan fingerprint density at radius 3 is 2.67 bits per heavy atom. The van der Waals surface area contributed by atoms with Gasteiger partial charge in [0, 0.05) is 29.2 Å². The molecular weight excluding hydrogens is 282 g/mol. The van der Waals surface area contributed by atoms with Crippen LogP contribution in [-0.4, -0.2) is 24.7 Å². The molecule has 0 amide bonds. The molecule has 0 N–H and O–H groups in total. The maximum atomic E-state index is 4.53. The van der Waals surface area contributed by atoms with Gasteiger partial charge in [0.2, 0.25) is 0 Å². The summed E-state index contributed by atoms with van der Waals surface area (Å²) < 4.78 is 1.89. The molecule has 0 saturated carbocycles. The van der Waals surface area contributed by atoms with Gasteiger partial charge >= 0.3 is 0 Å². The highest BCUT2D eigenvalue weighted by Crippen LogP contribution is 2.22. The average molecular weight is 297 g/mol. The van der Waals surface area contributed by atoms with Gasteiger partial charge in [-0.05, 0) is 38.1 Å². The lowest BCUT2D eigenvalue weighted by atomic mass is 10.3. The van der Waals surface area contributed by atoms with Crippen molar-refractivity contribution in [2.45, 2.75) is 24.5 Å². The second-order valence-electron chi connectivity index (χ2n) is 4.61. The Morgan fingerprint density at radius 2 is 1.90 bits per heavy atom. The molecule has 106 valence electrons. The fourth-order valence-corrected chi connectivity index (χ4v) is 2.80. The largest absolute Gasteiger partial charge is 0.265 e. The van der Waals surface area contributed by atoms with E-state index < -0.39 is 0 Å². The number of rotatable bonds is 4. The summed E-state index contributed by atoms with van der Waals surface area (Å²) >= 11 is 1.72. The number of aryl methyl sites for hydroxylation is 2. The quantitative estimate of drug-likeness (QED) is 0.693. The van der Waals surface area contributed by atoms with Crippen LogP contribution < -0.4 is 0 Å². The first-order valence-electron chi connectivity index (χ1n) is 6.61. The summed E-state index contributed by atoms with van der Waals surface area (Å²) in [4.78, 5) is 13.9. The Morgan fingerprint density at radius 1 is 1.10 bits per heavy atom. The fourth-order valence-electron chi connectivity index (χ4n) is 2.00. The molecule has 0 aliphatic rings. The lowest BCUT2D eigenvalue weighted by molar-refractivity contribution is 0.822. The summed E-state index contributed by atoms with van der Waals surface area (Å²) in [5, 5.41) is 4.49. The van der Waals surface area contributed by atoms with Gasteiger partial charge < -0.3 is 0 Å². The molecule has 21 heavy (non-hydrogen) atoms. The van der Waals surface area contributed by atoms with E-state index in [-0.39, 0.29) is 0 Å². The highest BCUT2D eigenvalue weighted by atomic mass is 32.2. The van der Waals surface area contributed by atoms with Crippen LogP contribution in [0.15, 0.2) is 47.8 Å². The van der Waals surface area contributed by atoms with E-state index in [0.29, 0.717) is 0 Å². The van der Waals surface area contributed by atoms with E-state index in [1.165, 1.54) is 4.90 Å². The zero-order valence-electron chi connectivity index (χ0n) is 11.9. The van der Waals surface area contributed by atoms with Crippen LogP contribution in [0.25, 0.3) is 5.69 Å². The van der Waals surface area contributed by atoms with E-state index in [4.69, 9.17) is 0 Å². The van der Waals surface area contributed by atoms with Gasteiger partial charge in [0.15, 0.2) is 0 Å². The number of pyridine rings is 2. The minimum Gasteiger partial charge on any atom is -0.265 e. The molecule has 0 fully saturated rings. The van der Waals surface area contributed by atoms with E-state index in [2.05, 4.69) is 20.1 Å². The van der Waals surface area contributed by atoms with Gasteiger partial charge in [-0.25, -0.2) is 9.67 Å². The van der Waals surface area contributed by atoms with Crippen LogP contribution in [-0.2, 0) is 5.75 Å². The molecule has 3 aromatic heterocycles. The average Bonchev–Trinajstić information content (AvgIpc) is 2.87. The summed E-state index contributed by atoms with van der Waals surface area (Å²) in [7, 11) is 0. The predicted octanol–water partition coefficient (Wildman–Crippen LogP) is 2.97. The van der Waals surface area contributed by atoms with Crippen molar-refractivity contribution >= 4 is 11.8 Å². The molecule has 0 aliphatic carbocycles. The van der Waals surface area contributed by atoms with Gasteiger partial charge in [0.05, 0.1) is 11.4 Å². The van der Waals surface area contributed by atoms with E-state index >= 15 is 0 Å². The molecule has 6 heteroatoms. The normalized spacial score (nSPS) is 10.8. The molecule has 0 aliphatic heterocycles. The van der Waals surface area contributed by atoms with E-state index in [1.54, 1.807) is 30.4 Å². The summed E-state index contributed by atoms with van der Waals surface area (Å²) in [6, 6.07) is 7.94. The molecule has 3 aromatic rings. The first-order valence-corrected chi connectivity index (χ1v) is 7.59. The van der Waals surface area contributed by atoms with Crippen molar-refractivity contribution in [2.75, 3.05) is 0 Å². The van der Waals surface area contributed by atoms with Crippen molar-refractivity contribution in [1.82, 2.24) is 24.7 Å². The van der Waals surface area contributed by atoms with Gasteiger partial charge in [0.25, 0.3) is 0 Å². The maximum absolute atomic E-state index is 4.53. The van der Waals surface area contributed by atoms with E-state index in [0.717, 1.165) is 28.8 Å². The smallest absolute Gasteiger partial charge is 0.148 e. The van der Waals surface area contributed by atoms with Gasteiger partial charge in [0.1, 0.15) is 11.6 Å². The van der Waals surface area contributed by atoms with Crippen molar-refractivity contribution in [1.29, 1.82) is 0 Å². The van der Waals surface area contributed by atoms with Crippen molar-refractivity contribution in [2.24, 2.45) is 0 Å². The van der Waals surface area contributed by atoms with Crippen molar-refractivity contribution in [3.63, 3.8) is 0 Å². The minimum atomic E-state index is 0.756. The number of thioether (sulfide) groups is 1. The zero-order chi connectivity index (χ0) is 14.7. The Balaban J connectivity index is 1.86. The molecule has 0 radical (unpaired) electrons. The third-order valence-corrected chi connectivity index (χ3v) is 3.93. The van der Waals surface area contributed by atoms with Crippen molar-refractivity contribution in [3.05, 3.63) is 60.2 Å². The molecule has 0 atom stereocenters. The standard InChI is InChI=1S/C15H15N5S/c1-11-9-13(3-8-17-11)20-15(18-12(2)19-20)10-21-14-4-6-16-7-5-14/h3-9H,10H2,1-2H3. The predicted molar refractivity (Wildman–Crippen MR) is 82.4 cm³/mol. The Labute approximate surface area is 127 Å². The van der Waals surface area contributed by atoms with Crippen LogP contribution in [0.1, 0.15) is 17.3 Å². The number of aromatic nitrogens is 5. The number of hydrogen-bond donors (Lipinski definition) is 0. The molecular formula is C15H15N5S. The van der Waals surface area contributed by atoms with Crippen LogP contribution in [0.5, 0.6) is 0 Å². The summed E-state index contributed by atoms with van der Waals surface area (Å²) in [5.74, 6) is 2.46. The molecule has 0 bridgehead atoms. The third-order valence-electron chi connectivity index (χ3n) is 2.92. The van der Waals surface area contributed by atoms with Crippen LogP contribution in [0.2, 0.25) is 0 Å². The number of hydrogen-bond acceptors (Lipinski definition) is 5. The fraction of sp³-hybridized carbons (Fsp3) is 0.200. The first-order chi connectivity index (χ1) is 10.2. The molecule has 0 aromatic carbocycles. The maximum Gasteiger partial charge on any atom is 0.148 e. The van der Waals surface area contributed by atoms with Gasteiger partial charge in [-0.1, -0.05) is 0 Å². The molecule has 0 saturated heterocycles. The zero-order valence-corrected chi connectivity index (χ0v) is 12.7. The second kappa shape index (κ2) is 6.05. The Bertz CT molecular complexity index is 739. The lowest BCUT2D eigenvalue weighted by Gasteiger charge is -2.06. The highest BCUT2D eigenvalue weighted by molar-refractivity contribution is 7.98. The molecule has 3 heterocycles.